The highest BCUT2D eigenvalue weighted by atomic mass is 16.5. The van der Waals surface area contributed by atoms with Crippen molar-refractivity contribution in [1.82, 2.24) is 15.3 Å². The van der Waals surface area contributed by atoms with Crippen LogP contribution in [0.3, 0.4) is 0 Å². The summed E-state index contributed by atoms with van der Waals surface area (Å²) in [7, 11) is 1.75. The lowest BCUT2D eigenvalue weighted by Gasteiger charge is -2.41. The Morgan fingerprint density at radius 2 is 2.13 bits per heavy atom. The van der Waals surface area contributed by atoms with Gasteiger partial charge in [-0.2, -0.15) is 0 Å². The first-order valence-corrected chi connectivity index (χ1v) is 11.4. The number of aromatic nitrogens is 2. The summed E-state index contributed by atoms with van der Waals surface area (Å²) in [6.45, 7) is 8.01. The van der Waals surface area contributed by atoms with Gasteiger partial charge in [0.1, 0.15) is 12.1 Å². The molecule has 1 fully saturated rings. The number of anilines is 2. The van der Waals surface area contributed by atoms with Crippen molar-refractivity contribution in [1.29, 1.82) is 0 Å². The van der Waals surface area contributed by atoms with E-state index >= 15 is 0 Å². The zero-order valence-corrected chi connectivity index (χ0v) is 18.2. The fraction of sp³-hybridized carbons (Fsp3) is 0.583. The second kappa shape index (κ2) is 8.16. The summed E-state index contributed by atoms with van der Waals surface area (Å²) < 4.78 is 5.18. The molecule has 1 atom stereocenters. The van der Waals surface area contributed by atoms with Gasteiger partial charge in [-0.3, -0.25) is 0 Å². The van der Waals surface area contributed by atoms with Gasteiger partial charge in [0.05, 0.1) is 6.61 Å². The summed E-state index contributed by atoms with van der Waals surface area (Å²) in [6.07, 6.45) is 6.40. The molecule has 1 unspecified atom stereocenters. The molecule has 30 heavy (non-hydrogen) atoms. The van der Waals surface area contributed by atoms with E-state index in [-0.39, 0.29) is 5.41 Å². The van der Waals surface area contributed by atoms with Crippen molar-refractivity contribution in [3.05, 3.63) is 46.9 Å². The Bertz CT molecular complexity index is 906. The van der Waals surface area contributed by atoms with E-state index in [0.29, 0.717) is 5.92 Å². The van der Waals surface area contributed by atoms with Crippen LogP contribution in [0.25, 0.3) is 0 Å². The first kappa shape index (κ1) is 19.8. The third-order valence-corrected chi connectivity index (χ3v) is 7.37. The Balaban J connectivity index is 1.35. The Hall–Kier alpha value is -2.18. The number of ether oxygens (including phenoxy) is 1. The van der Waals surface area contributed by atoms with Gasteiger partial charge < -0.3 is 20.3 Å². The van der Waals surface area contributed by atoms with Crippen LogP contribution >= 0.6 is 0 Å². The average molecular weight is 408 g/mol. The predicted octanol–water partition coefficient (Wildman–Crippen LogP) is 3.23. The number of methoxy groups -OCH3 is 1. The van der Waals surface area contributed by atoms with Gasteiger partial charge in [0, 0.05) is 62.2 Å². The standard InChI is InChI=1S/C24H33N5O/c1-17-6-7-19-21(17)23(28-16-27-19)29-11-8-24(9-12-29)15-26-20-5-3-4-18(22(20)24)14-25-10-13-30-2/h3-5,16-17,25-26H,6-15H2,1-2H3. The molecule has 1 saturated heterocycles. The quantitative estimate of drug-likeness (QED) is 0.717. The molecule has 2 N–H and O–H groups in total. The molecular weight excluding hydrogens is 374 g/mol. The first-order chi connectivity index (χ1) is 14.7. The molecule has 6 nitrogen and oxygen atoms in total. The second-order valence-corrected chi connectivity index (χ2v) is 9.13. The molecule has 6 heteroatoms. The number of fused-ring (bicyclic) bond motifs is 3. The van der Waals surface area contributed by atoms with Crippen LogP contribution in [-0.2, 0) is 23.1 Å². The second-order valence-electron chi connectivity index (χ2n) is 9.13. The van der Waals surface area contributed by atoms with Crippen molar-refractivity contribution < 1.29 is 4.74 Å². The minimum atomic E-state index is 0.229. The average Bonchev–Trinajstić information content (AvgIpc) is 3.34. The molecular formula is C24H33N5O. The van der Waals surface area contributed by atoms with Crippen molar-refractivity contribution in [3.8, 4) is 0 Å². The fourth-order valence-electron chi connectivity index (χ4n) is 5.72. The largest absolute Gasteiger partial charge is 0.384 e. The van der Waals surface area contributed by atoms with E-state index in [2.05, 4.69) is 45.6 Å². The molecule has 5 rings (SSSR count). The minimum absolute atomic E-state index is 0.229. The molecule has 3 aliphatic rings. The maximum absolute atomic E-state index is 5.18. The Morgan fingerprint density at radius 3 is 2.97 bits per heavy atom. The van der Waals surface area contributed by atoms with Crippen LogP contribution in [-0.4, -0.2) is 49.9 Å². The summed E-state index contributed by atoms with van der Waals surface area (Å²) in [5.74, 6) is 1.77. The highest BCUT2D eigenvalue weighted by Crippen LogP contribution is 2.47. The van der Waals surface area contributed by atoms with E-state index in [4.69, 9.17) is 9.72 Å². The molecule has 1 aliphatic carbocycles. The van der Waals surface area contributed by atoms with Gasteiger partial charge >= 0.3 is 0 Å². The van der Waals surface area contributed by atoms with Gasteiger partial charge in [-0.05, 0) is 48.8 Å². The molecule has 1 spiro atoms. The van der Waals surface area contributed by atoms with Gasteiger partial charge in [0.2, 0.25) is 0 Å². The lowest BCUT2D eigenvalue weighted by molar-refractivity contribution is 0.199. The molecule has 0 amide bonds. The summed E-state index contributed by atoms with van der Waals surface area (Å²) >= 11 is 0. The monoisotopic (exact) mass is 407 g/mol. The highest BCUT2D eigenvalue weighted by molar-refractivity contribution is 5.64. The molecule has 1 aromatic heterocycles. The van der Waals surface area contributed by atoms with Crippen molar-refractivity contribution in [3.63, 3.8) is 0 Å². The summed E-state index contributed by atoms with van der Waals surface area (Å²) in [5, 5.41) is 7.25. The zero-order chi connectivity index (χ0) is 20.6. The van der Waals surface area contributed by atoms with Crippen LogP contribution in [0.4, 0.5) is 11.5 Å². The van der Waals surface area contributed by atoms with Crippen molar-refractivity contribution in [2.45, 2.75) is 50.5 Å². The van der Waals surface area contributed by atoms with E-state index in [1.165, 1.54) is 40.3 Å². The molecule has 0 radical (unpaired) electrons. The number of nitrogens with zero attached hydrogens (tertiary/aromatic N) is 3. The molecule has 0 bridgehead atoms. The first-order valence-electron chi connectivity index (χ1n) is 11.4. The minimum Gasteiger partial charge on any atom is -0.384 e. The number of rotatable bonds is 6. The van der Waals surface area contributed by atoms with Crippen LogP contribution in [0.1, 0.15) is 54.5 Å². The summed E-state index contributed by atoms with van der Waals surface area (Å²) in [4.78, 5) is 11.8. The van der Waals surface area contributed by atoms with E-state index in [1.54, 1.807) is 13.4 Å². The maximum Gasteiger partial charge on any atom is 0.135 e. The van der Waals surface area contributed by atoms with Crippen molar-refractivity contribution >= 4 is 11.5 Å². The number of aryl methyl sites for hydroxylation is 1. The smallest absolute Gasteiger partial charge is 0.135 e. The third kappa shape index (κ3) is 3.36. The normalized spacial score (nSPS) is 21.5. The van der Waals surface area contributed by atoms with Gasteiger partial charge in [-0.15, -0.1) is 0 Å². The van der Waals surface area contributed by atoms with Crippen LogP contribution in [0.5, 0.6) is 0 Å². The molecule has 0 saturated carbocycles. The summed E-state index contributed by atoms with van der Waals surface area (Å²) in [6, 6.07) is 6.71. The Labute approximate surface area is 179 Å². The topological polar surface area (TPSA) is 62.3 Å². The lowest BCUT2D eigenvalue weighted by Crippen LogP contribution is -2.45. The predicted molar refractivity (Wildman–Crippen MR) is 120 cm³/mol. The van der Waals surface area contributed by atoms with E-state index < -0.39 is 0 Å². The number of piperidine rings is 1. The number of benzene rings is 1. The Kier molecular flexibility index (Phi) is 5.37. The summed E-state index contributed by atoms with van der Waals surface area (Å²) in [5.41, 5.74) is 7.19. The molecule has 2 aromatic rings. The molecule has 160 valence electrons. The van der Waals surface area contributed by atoms with Gasteiger partial charge in [0.25, 0.3) is 0 Å². The fourth-order valence-corrected chi connectivity index (χ4v) is 5.72. The number of hydrogen-bond acceptors (Lipinski definition) is 6. The number of hydrogen-bond donors (Lipinski definition) is 2. The number of nitrogens with one attached hydrogen (secondary N) is 2. The lowest BCUT2D eigenvalue weighted by atomic mass is 9.72. The van der Waals surface area contributed by atoms with Crippen LogP contribution < -0.4 is 15.5 Å². The Morgan fingerprint density at radius 1 is 1.27 bits per heavy atom. The molecule has 3 heterocycles. The molecule has 2 aliphatic heterocycles. The van der Waals surface area contributed by atoms with Crippen molar-refractivity contribution in [2.75, 3.05) is 50.1 Å². The van der Waals surface area contributed by atoms with E-state index in [0.717, 1.165) is 58.6 Å². The van der Waals surface area contributed by atoms with Gasteiger partial charge in [-0.25, -0.2) is 9.97 Å². The third-order valence-electron chi connectivity index (χ3n) is 7.37. The highest BCUT2D eigenvalue weighted by Gasteiger charge is 2.43. The van der Waals surface area contributed by atoms with Crippen LogP contribution in [0.2, 0.25) is 0 Å². The van der Waals surface area contributed by atoms with E-state index in [9.17, 15) is 0 Å². The van der Waals surface area contributed by atoms with E-state index in [1.807, 2.05) is 0 Å². The molecule has 1 aromatic carbocycles. The van der Waals surface area contributed by atoms with Gasteiger partial charge in [0.15, 0.2) is 0 Å². The van der Waals surface area contributed by atoms with Crippen molar-refractivity contribution in [2.24, 2.45) is 0 Å². The van der Waals surface area contributed by atoms with Crippen LogP contribution in [0, 0.1) is 0 Å². The SMILES string of the molecule is COCCNCc1cccc2c1C1(CCN(c3ncnc4c3C(C)CC4)CC1)CN2. The van der Waals surface area contributed by atoms with Crippen LogP contribution in [0.15, 0.2) is 24.5 Å². The van der Waals surface area contributed by atoms with Gasteiger partial charge in [-0.1, -0.05) is 19.1 Å². The maximum atomic E-state index is 5.18. The zero-order valence-electron chi connectivity index (χ0n) is 18.2.